The van der Waals surface area contributed by atoms with Crippen LogP contribution in [0.2, 0.25) is 5.02 Å². The number of carbonyl (C=O) groups excluding carboxylic acids is 1. The lowest BCUT2D eigenvalue weighted by molar-refractivity contribution is 0.00879. The lowest BCUT2D eigenvalue weighted by atomic mass is 10.1. The minimum absolute atomic E-state index is 0.0591. The highest BCUT2D eigenvalue weighted by Crippen LogP contribution is 2.14. The minimum Gasteiger partial charge on any atom is -0.391 e. The maximum atomic E-state index is 12.2. The van der Waals surface area contributed by atoms with Crippen molar-refractivity contribution in [3.05, 3.63) is 34.9 Å². The van der Waals surface area contributed by atoms with Crippen molar-refractivity contribution >= 4 is 34.7 Å². The number of carbonyl (C=O) groups is 1. The maximum absolute atomic E-state index is 12.2. The fourth-order valence-electron chi connectivity index (χ4n) is 1.78. The van der Waals surface area contributed by atoms with Gasteiger partial charge in [-0.1, -0.05) is 23.8 Å². The van der Waals surface area contributed by atoms with Crippen molar-refractivity contribution < 1.29 is 9.53 Å². The van der Waals surface area contributed by atoms with Gasteiger partial charge in [-0.05, 0) is 24.3 Å². The van der Waals surface area contributed by atoms with E-state index in [4.69, 9.17) is 34.3 Å². The number of nitrogens with two attached hydrogens (primary N) is 1. The third-order valence-electron chi connectivity index (χ3n) is 2.76. The molecule has 1 aromatic rings. The van der Waals surface area contributed by atoms with Crippen molar-refractivity contribution in [3.63, 3.8) is 0 Å². The summed E-state index contributed by atoms with van der Waals surface area (Å²) in [5.41, 5.74) is 6.14. The molecule has 0 bridgehead atoms. The van der Waals surface area contributed by atoms with Crippen LogP contribution in [0.25, 0.3) is 0 Å². The van der Waals surface area contributed by atoms with Crippen molar-refractivity contribution in [2.45, 2.75) is 6.10 Å². The molecule has 0 spiro atoms. The Hall–Kier alpha value is -1.17. The standard InChI is InChI=1S/C12H13ClN2O2S/c13-9-3-1-8(2-4-9)12(16)15-5-6-17-10(7-15)11(14)18/h1-4,10H,5-7H2,(H2,14,18). The summed E-state index contributed by atoms with van der Waals surface area (Å²) in [6, 6.07) is 6.80. The van der Waals surface area contributed by atoms with Gasteiger partial charge in [-0.25, -0.2) is 0 Å². The van der Waals surface area contributed by atoms with Gasteiger partial charge in [0.15, 0.2) is 0 Å². The molecule has 6 heteroatoms. The predicted molar refractivity (Wildman–Crippen MR) is 73.9 cm³/mol. The zero-order valence-corrected chi connectivity index (χ0v) is 11.2. The smallest absolute Gasteiger partial charge is 0.254 e. The number of amides is 1. The molecule has 1 heterocycles. The van der Waals surface area contributed by atoms with Gasteiger partial charge >= 0.3 is 0 Å². The third kappa shape index (κ3) is 2.98. The molecular weight excluding hydrogens is 272 g/mol. The van der Waals surface area contributed by atoms with Crippen LogP contribution in [0.5, 0.6) is 0 Å². The van der Waals surface area contributed by atoms with Crippen molar-refractivity contribution in [1.29, 1.82) is 0 Å². The van der Waals surface area contributed by atoms with Crippen LogP contribution >= 0.6 is 23.8 Å². The Kier molecular flexibility index (Phi) is 4.16. The van der Waals surface area contributed by atoms with Gasteiger partial charge in [-0.3, -0.25) is 4.79 Å². The SMILES string of the molecule is NC(=S)C1CN(C(=O)c2ccc(Cl)cc2)CCO1. The van der Waals surface area contributed by atoms with Gasteiger partial charge in [0.05, 0.1) is 13.2 Å². The maximum Gasteiger partial charge on any atom is 0.254 e. The number of hydrogen-bond acceptors (Lipinski definition) is 3. The fraction of sp³-hybridized carbons (Fsp3) is 0.333. The van der Waals surface area contributed by atoms with E-state index in [1.807, 2.05) is 0 Å². The summed E-state index contributed by atoms with van der Waals surface area (Å²) < 4.78 is 5.39. The van der Waals surface area contributed by atoms with E-state index < -0.39 is 0 Å². The average Bonchev–Trinajstić information content (AvgIpc) is 2.39. The van der Waals surface area contributed by atoms with Crippen LogP contribution in [0.4, 0.5) is 0 Å². The van der Waals surface area contributed by atoms with E-state index in [1.54, 1.807) is 29.2 Å². The molecule has 1 aliphatic heterocycles. The Morgan fingerprint density at radius 1 is 1.44 bits per heavy atom. The highest BCUT2D eigenvalue weighted by Gasteiger charge is 2.26. The summed E-state index contributed by atoms with van der Waals surface area (Å²) in [7, 11) is 0. The van der Waals surface area contributed by atoms with Crippen LogP contribution in [-0.2, 0) is 4.74 Å². The predicted octanol–water partition coefficient (Wildman–Crippen LogP) is 1.47. The van der Waals surface area contributed by atoms with E-state index in [2.05, 4.69) is 0 Å². The van der Waals surface area contributed by atoms with E-state index >= 15 is 0 Å². The summed E-state index contributed by atoms with van der Waals surface area (Å²) in [6.07, 6.45) is -0.356. The Balaban J connectivity index is 2.09. The largest absolute Gasteiger partial charge is 0.391 e. The quantitative estimate of drug-likeness (QED) is 0.836. The molecule has 96 valence electrons. The number of hydrogen-bond donors (Lipinski definition) is 1. The highest BCUT2D eigenvalue weighted by atomic mass is 35.5. The van der Waals surface area contributed by atoms with Crippen LogP contribution in [0.1, 0.15) is 10.4 Å². The van der Waals surface area contributed by atoms with Crippen molar-refractivity contribution in [2.24, 2.45) is 5.73 Å². The molecule has 1 saturated heterocycles. The fourth-order valence-corrected chi connectivity index (χ4v) is 2.05. The second-order valence-corrected chi connectivity index (χ2v) is 4.93. The minimum atomic E-state index is -0.356. The van der Waals surface area contributed by atoms with Crippen molar-refractivity contribution in [3.8, 4) is 0 Å². The molecule has 18 heavy (non-hydrogen) atoms. The van der Waals surface area contributed by atoms with Gasteiger partial charge in [0.2, 0.25) is 0 Å². The first-order chi connectivity index (χ1) is 8.58. The second kappa shape index (κ2) is 5.65. The van der Waals surface area contributed by atoms with E-state index in [0.717, 1.165) is 0 Å². The summed E-state index contributed by atoms with van der Waals surface area (Å²) in [5, 5.41) is 0.606. The molecule has 1 aromatic carbocycles. The van der Waals surface area contributed by atoms with Gasteiger partial charge in [0, 0.05) is 17.1 Å². The second-order valence-electron chi connectivity index (χ2n) is 4.02. The Labute approximate surface area is 116 Å². The number of rotatable bonds is 2. The van der Waals surface area contributed by atoms with Gasteiger partial charge in [-0.15, -0.1) is 0 Å². The number of benzene rings is 1. The molecule has 1 aliphatic rings. The van der Waals surface area contributed by atoms with Crippen LogP contribution in [0.3, 0.4) is 0 Å². The number of nitrogens with zero attached hydrogens (tertiary/aromatic N) is 1. The summed E-state index contributed by atoms with van der Waals surface area (Å²) in [4.78, 5) is 14.2. The monoisotopic (exact) mass is 284 g/mol. The van der Waals surface area contributed by atoms with Crippen LogP contribution in [-0.4, -0.2) is 41.6 Å². The molecule has 1 amide bonds. The topological polar surface area (TPSA) is 55.6 Å². The number of thiocarbonyl (C=S) groups is 1. The molecule has 1 unspecified atom stereocenters. The average molecular weight is 285 g/mol. The normalized spacial score (nSPS) is 19.6. The van der Waals surface area contributed by atoms with Crippen LogP contribution in [0, 0.1) is 0 Å². The molecule has 2 N–H and O–H groups in total. The molecule has 2 rings (SSSR count). The van der Waals surface area contributed by atoms with Gasteiger partial charge < -0.3 is 15.4 Å². The number of morpholine rings is 1. The van der Waals surface area contributed by atoms with E-state index in [-0.39, 0.29) is 17.0 Å². The van der Waals surface area contributed by atoms with E-state index in [0.29, 0.717) is 30.3 Å². The van der Waals surface area contributed by atoms with E-state index in [1.165, 1.54) is 0 Å². The molecule has 4 nitrogen and oxygen atoms in total. The Bertz CT molecular complexity index is 464. The zero-order valence-electron chi connectivity index (χ0n) is 9.64. The van der Waals surface area contributed by atoms with Crippen LogP contribution < -0.4 is 5.73 Å². The van der Waals surface area contributed by atoms with Crippen LogP contribution in [0.15, 0.2) is 24.3 Å². The lowest BCUT2D eigenvalue weighted by Gasteiger charge is -2.32. The molecule has 0 aromatic heterocycles. The summed E-state index contributed by atoms with van der Waals surface area (Å²) >= 11 is 10.7. The van der Waals surface area contributed by atoms with Gasteiger partial charge in [0.25, 0.3) is 5.91 Å². The molecule has 1 fully saturated rings. The Morgan fingerprint density at radius 3 is 2.72 bits per heavy atom. The third-order valence-corrected chi connectivity index (χ3v) is 3.28. The number of ether oxygens (including phenoxy) is 1. The first-order valence-corrected chi connectivity index (χ1v) is 6.32. The van der Waals surface area contributed by atoms with E-state index in [9.17, 15) is 4.79 Å². The zero-order chi connectivity index (χ0) is 13.1. The van der Waals surface area contributed by atoms with Gasteiger partial charge in [-0.2, -0.15) is 0 Å². The number of halogens is 1. The molecule has 0 saturated carbocycles. The first kappa shape index (κ1) is 13.3. The highest BCUT2D eigenvalue weighted by molar-refractivity contribution is 7.80. The molecule has 0 aliphatic carbocycles. The lowest BCUT2D eigenvalue weighted by Crippen LogP contribution is -2.49. The Morgan fingerprint density at radius 2 is 2.11 bits per heavy atom. The van der Waals surface area contributed by atoms with Gasteiger partial charge in [0.1, 0.15) is 11.1 Å². The van der Waals surface area contributed by atoms with Crippen molar-refractivity contribution in [2.75, 3.05) is 19.7 Å². The molecular formula is C12H13ClN2O2S. The molecule has 0 radical (unpaired) electrons. The first-order valence-electron chi connectivity index (χ1n) is 5.53. The summed E-state index contributed by atoms with van der Waals surface area (Å²) in [6.45, 7) is 1.39. The van der Waals surface area contributed by atoms with Crippen molar-refractivity contribution in [1.82, 2.24) is 4.90 Å². The molecule has 1 atom stereocenters. The summed E-state index contributed by atoms with van der Waals surface area (Å²) in [5.74, 6) is -0.0591.